The van der Waals surface area contributed by atoms with Gasteiger partial charge < -0.3 is 16.2 Å². The lowest BCUT2D eigenvalue weighted by molar-refractivity contribution is 0.0132. The standard InChI is InChI=1S/C19H32N2O/c1-3-11-19(22,12-4-2)13-10-17-7-5-6-16(14-17)8-9-18(21)15-20/h5-7,14,21-22H,3-4,8-13,15,20H2,1-2H3. The van der Waals surface area contributed by atoms with E-state index in [9.17, 15) is 5.11 Å². The Morgan fingerprint density at radius 1 is 1.09 bits per heavy atom. The zero-order valence-corrected chi connectivity index (χ0v) is 14.2. The minimum absolute atomic E-state index is 0.348. The molecule has 1 aromatic rings. The highest BCUT2D eigenvalue weighted by molar-refractivity contribution is 5.83. The van der Waals surface area contributed by atoms with Crippen LogP contribution in [-0.4, -0.2) is 23.0 Å². The molecule has 0 aromatic heterocycles. The maximum absolute atomic E-state index is 10.7. The summed E-state index contributed by atoms with van der Waals surface area (Å²) in [6, 6.07) is 8.53. The van der Waals surface area contributed by atoms with Crippen LogP contribution in [0.15, 0.2) is 24.3 Å². The van der Waals surface area contributed by atoms with E-state index >= 15 is 0 Å². The third-order valence-corrected chi connectivity index (χ3v) is 4.26. The van der Waals surface area contributed by atoms with Crippen LogP contribution in [0.4, 0.5) is 0 Å². The number of hydrogen-bond acceptors (Lipinski definition) is 3. The van der Waals surface area contributed by atoms with Crippen LogP contribution in [0.2, 0.25) is 0 Å². The number of nitrogens with one attached hydrogen (secondary N) is 1. The van der Waals surface area contributed by atoms with Gasteiger partial charge in [-0.2, -0.15) is 0 Å². The highest BCUT2D eigenvalue weighted by Gasteiger charge is 2.24. The Morgan fingerprint density at radius 2 is 1.68 bits per heavy atom. The average molecular weight is 304 g/mol. The van der Waals surface area contributed by atoms with Gasteiger partial charge in [-0.15, -0.1) is 0 Å². The van der Waals surface area contributed by atoms with E-state index < -0.39 is 5.60 Å². The fourth-order valence-electron chi connectivity index (χ4n) is 3.02. The predicted molar refractivity (Wildman–Crippen MR) is 94.6 cm³/mol. The van der Waals surface area contributed by atoms with Gasteiger partial charge in [-0.25, -0.2) is 0 Å². The summed E-state index contributed by atoms with van der Waals surface area (Å²) in [6.07, 6.45) is 7.17. The third kappa shape index (κ3) is 6.71. The van der Waals surface area contributed by atoms with Crippen LogP contribution in [0.1, 0.15) is 63.5 Å². The number of aliphatic hydroxyl groups is 1. The Morgan fingerprint density at radius 3 is 2.23 bits per heavy atom. The van der Waals surface area contributed by atoms with Gasteiger partial charge in [0.1, 0.15) is 0 Å². The van der Waals surface area contributed by atoms with E-state index in [1.165, 1.54) is 11.1 Å². The van der Waals surface area contributed by atoms with E-state index in [1.807, 2.05) is 0 Å². The van der Waals surface area contributed by atoms with Crippen molar-refractivity contribution < 1.29 is 5.11 Å². The lowest BCUT2D eigenvalue weighted by Crippen LogP contribution is -2.28. The van der Waals surface area contributed by atoms with E-state index in [2.05, 4.69) is 38.1 Å². The van der Waals surface area contributed by atoms with Crippen LogP contribution in [0.3, 0.4) is 0 Å². The molecule has 124 valence electrons. The lowest BCUT2D eigenvalue weighted by atomic mass is 9.86. The van der Waals surface area contributed by atoms with Crippen LogP contribution in [0.5, 0.6) is 0 Å². The molecule has 0 amide bonds. The molecule has 0 aliphatic heterocycles. The van der Waals surface area contributed by atoms with E-state index in [0.717, 1.165) is 51.4 Å². The van der Waals surface area contributed by atoms with E-state index in [-0.39, 0.29) is 0 Å². The molecule has 1 rings (SSSR count). The monoisotopic (exact) mass is 304 g/mol. The topological polar surface area (TPSA) is 70.1 Å². The van der Waals surface area contributed by atoms with Crippen molar-refractivity contribution >= 4 is 5.71 Å². The van der Waals surface area contributed by atoms with Gasteiger partial charge in [0.15, 0.2) is 0 Å². The van der Waals surface area contributed by atoms with E-state index in [4.69, 9.17) is 11.1 Å². The SMILES string of the molecule is CCCC(O)(CCC)CCc1cccc(CCC(=N)CN)c1. The van der Waals surface area contributed by atoms with Crippen molar-refractivity contribution in [3.8, 4) is 0 Å². The molecule has 0 atom stereocenters. The largest absolute Gasteiger partial charge is 0.390 e. The van der Waals surface area contributed by atoms with Gasteiger partial charge in [-0.05, 0) is 49.7 Å². The van der Waals surface area contributed by atoms with Gasteiger partial charge in [0, 0.05) is 12.3 Å². The Balaban J connectivity index is 2.59. The molecule has 0 heterocycles. The molecule has 1 aromatic carbocycles. The van der Waals surface area contributed by atoms with Crippen LogP contribution in [0, 0.1) is 5.41 Å². The van der Waals surface area contributed by atoms with Crippen molar-refractivity contribution in [2.45, 2.75) is 70.8 Å². The van der Waals surface area contributed by atoms with Gasteiger partial charge in [0.25, 0.3) is 0 Å². The Kier molecular flexibility index (Phi) is 8.36. The molecule has 3 nitrogen and oxygen atoms in total. The molecule has 4 N–H and O–H groups in total. The van der Waals surface area contributed by atoms with Crippen LogP contribution in [0.25, 0.3) is 0 Å². The summed E-state index contributed by atoms with van der Waals surface area (Å²) in [4.78, 5) is 0. The first kappa shape index (κ1) is 18.9. The number of nitrogens with two attached hydrogens (primary N) is 1. The van der Waals surface area contributed by atoms with Gasteiger partial charge in [0.05, 0.1) is 5.60 Å². The van der Waals surface area contributed by atoms with Gasteiger partial charge in [-0.3, -0.25) is 0 Å². The smallest absolute Gasteiger partial charge is 0.0650 e. The molecular formula is C19H32N2O. The minimum atomic E-state index is -0.513. The average Bonchev–Trinajstić information content (AvgIpc) is 2.51. The Bertz CT molecular complexity index is 451. The molecule has 3 heteroatoms. The summed E-state index contributed by atoms with van der Waals surface area (Å²) < 4.78 is 0. The second-order valence-electron chi connectivity index (χ2n) is 6.35. The zero-order chi connectivity index (χ0) is 16.4. The maximum atomic E-state index is 10.7. The summed E-state index contributed by atoms with van der Waals surface area (Å²) in [5, 5.41) is 18.3. The van der Waals surface area contributed by atoms with Crippen LogP contribution < -0.4 is 5.73 Å². The number of rotatable bonds is 11. The second kappa shape index (κ2) is 9.75. The molecule has 0 fully saturated rings. The third-order valence-electron chi connectivity index (χ3n) is 4.26. The van der Waals surface area contributed by atoms with Gasteiger partial charge in [0.2, 0.25) is 0 Å². The first-order valence-corrected chi connectivity index (χ1v) is 8.59. The summed E-state index contributed by atoms with van der Waals surface area (Å²) in [7, 11) is 0. The van der Waals surface area contributed by atoms with Crippen molar-refractivity contribution in [3.63, 3.8) is 0 Å². The molecule has 0 unspecified atom stereocenters. The van der Waals surface area contributed by atoms with Crippen molar-refractivity contribution in [3.05, 3.63) is 35.4 Å². The number of hydrogen-bond donors (Lipinski definition) is 3. The van der Waals surface area contributed by atoms with Crippen molar-refractivity contribution in [1.29, 1.82) is 5.41 Å². The Labute approximate surface area is 135 Å². The molecule has 22 heavy (non-hydrogen) atoms. The van der Waals surface area contributed by atoms with Crippen molar-refractivity contribution in [2.75, 3.05) is 6.54 Å². The molecule has 0 radical (unpaired) electrons. The minimum Gasteiger partial charge on any atom is -0.390 e. The quantitative estimate of drug-likeness (QED) is 0.543. The van der Waals surface area contributed by atoms with Crippen molar-refractivity contribution in [1.82, 2.24) is 0 Å². The summed E-state index contributed by atoms with van der Waals surface area (Å²) in [5.41, 5.74) is 8.09. The zero-order valence-electron chi connectivity index (χ0n) is 14.2. The summed E-state index contributed by atoms with van der Waals surface area (Å²) >= 11 is 0. The first-order valence-electron chi connectivity index (χ1n) is 8.59. The fourth-order valence-corrected chi connectivity index (χ4v) is 3.02. The van der Waals surface area contributed by atoms with E-state index in [0.29, 0.717) is 12.3 Å². The summed E-state index contributed by atoms with van der Waals surface area (Å²) in [5.74, 6) is 0. The maximum Gasteiger partial charge on any atom is 0.0650 e. The molecule has 0 bridgehead atoms. The normalized spacial score (nSPS) is 11.6. The van der Waals surface area contributed by atoms with Crippen LogP contribution >= 0.6 is 0 Å². The predicted octanol–water partition coefficient (Wildman–Crippen LogP) is 3.86. The number of aryl methyl sites for hydroxylation is 2. The van der Waals surface area contributed by atoms with Crippen molar-refractivity contribution in [2.24, 2.45) is 5.73 Å². The lowest BCUT2D eigenvalue weighted by Gasteiger charge is -2.27. The molecular weight excluding hydrogens is 272 g/mol. The highest BCUT2D eigenvalue weighted by Crippen LogP contribution is 2.25. The molecule has 0 aliphatic carbocycles. The van der Waals surface area contributed by atoms with Gasteiger partial charge >= 0.3 is 0 Å². The van der Waals surface area contributed by atoms with Crippen LogP contribution in [-0.2, 0) is 12.8 Å². The molecule has 0 aliphatic rings. The molecule has 0 saturated carbocycles. The Hall–Kier alpha value is -1.19. The fraction of sp³-hybridized carbons (Fsp3) is 0.632. The van der Waals surface area contributed by atoms with E-state index in [1.54, 1.807) is 0 Å². The number of benzene rings is 1. The van der Waals surface area contributed by atoms with Gasteiger partial charge in [-0.1, -0.05) is 51.0 Å². The molecule has 0 saturated heterocycles. The first-order chi connectivity index (χ1) is 10.5. The second-order valence-corrected chi connectivity index (χ2v) is 6.35. The summed E-state index contributed by atoms with van der Waals surface area (Å²) in [6.45, 7) is 4.61. The molecule has 0 spiro atoms. The highest BCUT2D eigenvalue weighted by atomic mass is 16.3.